The summed E-state index contributed by atoms with van der Waals surface area (Å²) in [7, 11) is 1.44. The molecule has 0 N–H and O–H groups in total. The molecular weight excluding hydrogens is 262 g/mol. The van der Waals surface area contributed by atoms with Gasteiger partial charge in [0.1, 0.15) is 0 Å². The molecule has 0 bridgehead atoms. The fraction of sp³-hybridized carbons (Fsp3) is 0.611. The van der Waals surface area contributed by atoms with Crippen LogP contribution in [0, 0.1) is 11.3 Å². The first-order valence-corrected chi connectivity index (χ1v) is 7.76. The molecule has 1 aromatic carbocycles. The predicted octanol–water partition coefficient (Wildman–Crippen LogP) is 3.27. The van der Waals surface area contributed by atoms with Crippen LogP contribution in [0.5, 0.6) is 0 Å². The summed E-state index contributed by atoms with van der Waals surface area (Å²) in [5.41, 5.74) is 2.71. The smallest absolute Gasteiger partial charge is 0.309 e. The Balaban J connectivity index is 2.02. The molecule has 21 heavy (non-hydrogen) atoms. The molecule has 1 aliphatic rings. The second-order valence-electron chi connectivity index (χ2n) is 7.11. The zero-order valence-corrected chi connectivity index (χ0v) is 13.7. The summed E-state index contributed by atoms with van der Waals surface area (Å²) in [6.45, 7) is 10.2. The standard InChI is InChI=1S/C18H27NO2/c1-18(2,3)16-9-10-19(13-16)12-15-8-6-5-7-14(15)11-17(20)21-4/h5-8,16H,9-13H2,1-4H3. The van der Waals surface area contributed by atoms with Crippen molar-refractivity contribution in [1.29, 1.82) is 0 Å². The first-order chi connectivity index (χ1) is 9.90. The normalized spacial score (nSPS) is 19.7. The summed E-state index contributed by atoms with van der Waals surface area (Å²) < 4.78 is 4.79. The van der Waals surface area contributed by atoms with E-state index in [9.17, 15) is 4.79 Å². The molecule has 1 aromatic rings. The van der Waals surface area contributed by atoms with E-state index < -0.39 is 0 Å². The van der Waals surface area contributed by atoms with Crippen LogP contribution in [0.15, 0.2) is 24.3 Å². The summed E-state index contributed by atoms with van der Waals surface area (Å²) >= 11 is 0. The van der Waals surface area contributed by atoms with Gasteiger partial charge in [0.05, 0.1) is 13.5 Å². The Labute approximate surface area is 128 Å². The molecule has 1 fully saturated rings. The molecule has 1 atom stereocenters. The zero-order valence-electron chi connectivity index (χ0n) is 13.7. The van der Waals surface area contributed by atoms with Crippen LogP contribution >= 0.6 is 0 Å². The van der Waals surface area contributed by atoms with Crippen LogP contribution in [-0.4, -0.2) is 31.1 Å². The third-order valence-corrected chi connectivity index (χ3v) is 4.57. The van der Waals surface area contributed by atoms with Gasteiger partial charge in [-0.3, -0.25) is 9.69 Å². The molecule has 1 heterocycles. The number of methoxy groups -OCH3 is 1. The molecule has 0 aromatic heterocycles. The highest BCUT2D eigenvalue weighted by Crippen LogP contribution is 2.34. The lowest BCUT2D eigenvalue weighted by atomic mass is 9.80. The number of hydrogen-bond donors (Lipinski definition) is 0. The highest BCUT2D eigenvalue weighted by Gasteiger charge is 2.31. The lowest BCUT2D eigenvalue weighted by molar-refractivity contribution is -0.139. The largest absolute Gasteiger partial charge is 0.469 e. The van der Waals surface area contributed by atoms with Gasteiger partial charge in [-0.05, 0) is 35.4 Å². The number of esters is 1. The number of rotatable bonds is 4. The van der Waals surface area contributed by atoms with Crippen molar-refractivity contribution >= 4 is 5.97 Å². The monoisotopic (exact) mass is 289 g/mol. The van der Waals surface area contributed by atoms with Crippen molar-refractivity contribution in [3.63, 3.8) is 0 Å². The van der Waals surface area contributed by atoms with Gasteiger partial charge >= 0.3 is 5.97 Å². The van der Waals surface area contributed by atoms with Gasteiger partial charge in [-0.25, -0.2) is 0 Å². The van der Waals surface area contributed by atoms with E-state index >= 15 is 0 Å². The number of benzene rings is 1. The number of hydrogen-bond acceptors (Lipinski definition) is 3. The Morgan fingerprint density at radius 3 is 2.52 bits per heavy atom. The van der Waals surface area contributed by atoms with Crippen LogP contribution in [0.25, 0.3) is 0 Å². The van der Waals surface area contributed by atoms with E-state index in [0.717, 1.165) is 31.1 Å². The van der Waals surface area contributed by atoms with Crippen LogP contribution in [-0.2, 0) is 22.5 Å². The van der Waals surface area contributed by atoms with Gasteiger partial charge in [-0.1, -0.05) is 45.0 Å². The van der Waals surface area contributed by atoms with Gasteiger partial charge in [0.15, 0.2) is 0 Å². The molecular formula is C18H27NO2. The van der Waals surface area contributed by atoms with Crippen molar-refractivity contribution in [2.45, 2.75) is 40.2 Å². The number of ether oxygens (including phenoxy) is 1. The van der Waals surface area contributed by atoms with Crippen molar-refractivity contribution in [2.75, 3.05) is 20.2 Å². The van der Waals surface area contributed by atoms with E-state index in [0.29, 0.717) is 11.8 Å². The molecule has 3 nitrogen and oxygen atoms in total. The van der Waals surface area contributed by atoms with Gasteiger partial charge in [0.25, 0.3) is 0 Å². The van der Waals surface area contributed by atoms with Crippen molar-refractivity contribution in [3.8, 4) is 0 Å². The molecule has 0 amide bonds. The predicted molar refractivity (Wildman–Crippen MR) is 85.0 cm³/mol. The molecule has 1 saturated heterocycles. The minimum atomic E-state index is -0.170. The maximum Gasteiger partial charge on any atom is 0.309 e. The lowest BCUT2D eigenvalue weighted by Gasteiger charge is -2.27. The van der Waals surface area contributed by atoms with E-state index in [4.69, 9.17) is 4.74 Å². The molecule has 3 heteroatoms. The van der Waals surface area contributed by atoms with Crippen LogP contribution in [0.2, 0.25) is 0 Å². The second kappa shape index (κ2) is 6.61. The van der Waals surface area contributed by atoms with Gasteiger partial charge in [0, 0.05) is 13.1 Å². The van der Waals surface area contributed by atoms with E-state index in [1.54, 1.807) is 0 Å². The van der Waals surface area contributed by atoms with Crippen molar-refractivity contribution in [1.82, 2.24) is 4.90 Å². The summed E-state index contributed by atoms with van der Waals surface area (Å²) in [4.78, 5) is 14.0. The maximum atomic E-state index is 11.5. The van der Waals surface area contributed by atoms with Crippen molar-refractivity contribution in [2.24, 2.45) is 11.3 Å². The van der Waals surface area contributed by atoms with Crippen LogP contribution in [0.3, 0.4) is 0 Å². The first kappa shape index (κ1) is 16.0. The Kier molecular flexibility index (Phi) is 5.04. The molecule has 1 aliphatic heterocycles. The second-order valence-corrected chi connectivity index (χ2v) is 7.11. The molecule has 116 valence electrons. The number of nitrogens with zero attached hydrogens (tertiary/aromatic N) is 1. The Morgan fingerprint density at radius 2 is 1.95 bits per heavy atom. The highest BCUT2D eigenvalue weighted by atomic mass is 16.5. The quantitative estimate of drug-likeness (QED) is 0.797. The molecule has 0 saturated carbocycles. The topological polar surface area (TPSA) is 29.5 Å². The number of likely N-dealkylation sites (tertiary alicyclic amines) is 1. The van der Waals surface area contributed by atoms with Gasteiger partial charge in [0.2, 0.25) is 0 Å². The molecule has 1 unspecified atom stereocenters. The summed E-state index contributed by atoms with van der Waals surface area (Å²) in [6.07, 6.45) is 1.63. The van der Waals surface area contributed by atoms with Gasteiger partial charge < -0.3 is 4.74 Å². The third kappa shape index (κ3) is 4.31. The van der Waals surface area contributed by atoms with Gasteiger partial charge in [-0.2, -0.15) is 0 Å². The number of carbonyl (C=O) groups excluding carboxylic acids is 1. The minimum absolute atomic E-state index is 0.170. The fourth-order valence-corrected chi connectivity index (χ4v) is 3.04. The Hall–Kier alpha value is -1.35. The lowest BCUT2D eigenvalue weighted by Crippen LogP contribution is -2.26. The molecule has 2 rings (SSSR count). The van der Waals surface area contributed by atoms with E-state index in [1.165, 1.54) is 19.1 Å². The summed E-state index contributed by atoms with van der Waals surface area (Å²) in [5, 5.41) is 0. The number of carbonyl (C=O) groups is 1. The molecule has 0 radical (unpaired) electrons. The van der Waals surface area contributed by atoms with Crippen molar-refractivity contribution < 1.29 is 9.53 Å². The minimum Gasteiger partial charge on any atom is -0.469 e. The van der Waals surface area contributed by atoms with E-state index in [1.807, 2.05) is 18.2 Å². The molecule has 0 aliphatic carbocycles. The SMILES string of the molecule is COC(=O)Cc1ccccc1CN1CCC(C(C)(C)C)C1. The van der Waals surface area contributed by atoms with Crippen LogP contribution < -0.4 is 0 Å². The van der Waals surface area contributed by atoms with Crippen molar-refractivity contribution in [3.05, 3.63) is 35.4 Å². The zero-order chi connectivity index (χ0) is 15.5. The average Bonchev–Trinajstić information content (AvgIpc) is 2.89. The van der Waals surface area contributed by atoms with Crippen LogP contribution in [0.1, 0.15) is 38.3 Å². The summed E-state index contributed by atoms with van der Waals surface area (Å²) in [6, 6.07) is 8.20. The first-order valence-electron chi connectivity index (χ1n) is 7.76. The summed E-state index contributed by atoms with van der Waals surface area (Å²) in [5.74, 6) is 0.585. The van der Waals surface area contributed by atoms with Crippen LogP contribution in [0.4, 0.5) is 0 Å². The Bertz CT molecular complexity index is 490. The average molecular weight is 289 g/mol. The van der Waals surface area contributed by atoms with Gasteiger partial charge in [-0.15, -0.1) is 0 Å². The Morgan fingerprint density at radius 1 is 1.29 bits per heavy atom. The van der Waals surface area contributed by atoms with E-state index in [-0.39, 0.29) is 5.97 Å². The maximum absolute atomic E-state index is 11.5. The highest BCUT2D eigenvalue weighted by molar-refractivity contribution is 5.72. The fourth-order valence-electron chi connectivity index (χ4n) is 3.04. The third-order valence-electron chi connectivity index (χ3n) is 4.57. The molecule has 0 spiro atoms. The van der Waals surface area contributed by atoms with E-state index in [2.05, 4.69) is 31.7 Å².